The molecule has 0 amide bonds. The number of carbonyl (C=O) groups is 2. The van der Waals surface area contributed by atoms with Gasteiger partial charge in [-0.05, 0) is 86.6 Å². The summed E-state index contributed by atoms with van der Waals surface area (Å²) in [4.78, 5) is 24.4. The minimum absolute atomic E-state index is 0.271. The molecule has 0 bridgehead atoms. The first-order valence-corrected chi connectivity index (χ1v) is 14.0. The van der Waals surface area contributed by atoms with Gasteiger partial charge in [-0.2, -0.15) is 0 Å². The van der Waals surface area contributed by atoms with E-state index in [1.807, 2.05) is 60.7 Å². The van der Waals surface area contributed by atoms with Crippen LogP contribution in [-0.4, -0.2) is 25.2 Å². The number of esters is 2. The van der Waals surface area contributed by atoms with Crippen LogP contribution in [0.1, 0.15) is 34.6 Å². The monoisotopic (exact) mass is 528 g/mol. The molecular weight excluding hydrogens is 499 g/mol. The molecule has 1 N–H and O–H groups in total. The normalized spacial score (nSPS) is 10.9. The average molecular weight is 529 g/mol. The average Bonchev–Trinajstić information content (AvgIpc) is 2.97. The van der Waals surface area contributed by atoms with Crippen molar-refractivity contribution in [3.63, 3.8) is 0 Å². The maximum Gasteiger partial charge on any atom is 0.338 e. The fourth-order valence-electron chi connectivity index (χ4n) is 3.91. The number of nitrogens with one attached hydrogen (secondary N) is 1. The summed E-state index contributed by atoms with van der Waals surface area (Å²) in [5, 5.41) is 1.24. The van der Waals surface area contributed by atoms with Crippen LogP contribution in [0.15, 0.2) is 109 Å². The highest BCUT2D eigenvalue weighted by molar-refractivity contribution is 7.80. The fourth-order valence-corrected chi connectivity index (χ4v) is 6.54. The van der Waals surface area contributed by atoms with Crippen molar-refractivity contribution in [2.75, 3.05) is 23.4 Å². The molecule has 0 saturated heterocycles. The fraction of sp³-hybridized carbons (Fsp3) is 0.133. The van der Waals surface area contributed by atoms with Gasteiger partial charge >= 0.3 is 11.9 Å². The van der Waals surface area contributed by atoms with E-state index >= 15 is 4.57 Å². The molecule has 0 unspecified atom stereocenters. The lowest BCUT2D eigenvalue weighted by molar-refractivity contribution is 0.0517. The van der Waals surface area contributed by atoms with Gasteiger partial charge in [-0.3, -0.25) is 9.99 Å². The molecule has 0 fully saturated rings. The Labute approximate surface area is 222 Å². The smallest absolute Gasteiger partial charge is 0.338 e. The Morgan fingerprint density at radius 2 is 1.08 bits per heavy atom. The first-order chi connectivity index (χ1) is 18.5. The van der Waals surface area contributed by atoms with Gasteiger partial charge in [-0.1, -0.05) is 36.4 Å². The summed E-state index contributed by atoms with van der Waals surface area (Å²) in [6.07, 6.45) is 0. The Bertz CT molecular complexity index is 1370. The van der Waals surface area contributed by atoms with Crippen molar-refractivity contribution in [3.8, 4) is 0 Å². The van der Waals surface area contributed by atoms with Gasteiger partial charge in [0.05, 0.1) is 35.7 Å². The van der Waals surface area contributed by atoms with E-state index in [1.165, 1.54) is 0 Å². The van der Waals surface area contributed by atoms with E-state index in [0.717, 1.165) is 0 Å². The van der Waals surface area contributed by atoms with Gasteiger partial charge in [-0.15, -0.1) is 0 Å². The third-order valence-corrected chi connectivity index (χ3v) is 8.64. The Hall–Kier alpha value is -4.35. The van der Waals surface area contributed by atoms with Gasteiger partial charge in [0.1, 0.15) is 0 Å². The van der Waals surface area contributed by atoms with Crippen molar-refractivity contribution >= 4 is 41.2 Å². The second-order valence-corrected chi connectivity index (χ2v) is 10.8. The van der Waals surface area contributed by atoms with E-state index in [4.69, 9.17) is 9.47 Å². The summed E-state index contributed by atoms with van der Waals surface area (Å²) in [5.41, 5.74) is 5.30. The summed E-state index contributed by atoms with van der Waals surface area (Å²) < 4.78 is 27.0. The van der Waals surface area contributed by atoms with Crippen LogP contribution >= 0.6 is 7.29 Å². The first-order valence-electron chi connectivity index (χ1n) is 12.3. The lowest BCUT2D eigenvalue weighted by atomic mass is 10.2. The zero-order chi connectivity index (χ0) is 27.0. The van der Waals surface area contributed by atoms with Crippen molar-refractivity contribution in [1.29, 1.82) is 0 Å². The van der Waals surface area contributed by atoms with Crippen molar-refractivity contribution in [3.05, 3.63) is 120 Å². The molecule has 0 spiro atoms. The Balaban J connectivity index is 1.82. The van der Waals surface area contributed by atoms with E-state index in [-0.39, 0.29) is 13.2 Å². The molecule has 0 aliphatic carbocycles. The molecule has 7 nitrogen and oxygen atoms in total. The minimum Gasteiger partial charge on any atom is -0.462 e. The molecule has 194 valence electrons. The molecule has 0 aliphatic rings. The number of hydrazine groups is 1. The van der Waals surface area contributed by atoms with Crippen molar-refractivity contribution in [2.24, 2.45) is 0 Å². The second kappa shape index (κ2) is 12.3. The van der Waals surface area contributed by atoms with Gasteiger partial charge in [0.25, 0.3) is 0 Å². The largest absolute Gasteiger partial charge is 0.462 e. The number of anilines is 2. The Morgan fingerprint density at radius 1 is 0.658 bits per heavy atom. The van der Waals surface area contributed by atoms with Gasteiger partial charge in [0.15, 0.2) is 0 Å². The predicted molar refractivity (Wildman–Crippen MR) is 151 cm³/mol. The molecule has 4 aromatic carbocycles. The zero-order valence-electron chi connectivity index (χ0n) is 21.2. The first kappa shape index (κ1) is 26.7. The zero-order valence-corrected chi connectivity index (χ0v) is 22.1. The highest BCUT2D eigenvalue weighted by Crippen LogP contribution is 2.50. The van der Waals surface area contributed by atoms with Gasteiger partial charge in [0, 0.05) is 10.6 Å². The van der Waals surface area contributed by atoms with Crippen LogP contribution in [0.2, 0.25) is 0 Å². The van der Waals surface area contributed by atoms with E-state index in [9.17, 15) is 9.59 Å². The Kier molecular flexibility index (Phi) is 8.62. The van der Waals surface area contributed by atoms with Crippen LogP contribution in [0.4, 0.5) is 11.4 Å². The lowest BCUT2D eigenvalue weighted by Gasteiger charge is -2.35. The van der Waals surface area contributed by atoms with E-state index < -0.39 is 19.2 Å². The molecule has 4 aromatic rings. The molecule has 4 rings (SSSR count). The van der Waals surface area contributed by atoms with E-state index in [1.54, 1.807) is 67.2 Å². The standard InChI is InChI=1S/C30H29N2O5P/c1-3-36-29(33)23-15-19-25(20-16-23)31-32(26-21-17-24(18-22-26)30(34)37-4-2)38(35,27-11-7-5-8-12-27)28-13-9-6-10-14-28/h5-22,31H,3-4H2,1-2H3. The SMILES string of the molecule is CCOC(=O)c1ccc(NN(c2ccc(C(=O)OCC)cc2)P(=O)(c2ccccc2)c2ccccc2)cc1. The number of hydrogen-bond donors (Lipinski definition) is 1. The number of hydrogen-bond acceptors (Lipinski definition) is 6. The number of rotatable bonds is 10. The number of benzene rings is 4. The molecule has 38 heavy (non-hydrogen) atoms. The minimum atomic E-state index is -3.50. The van der Waals surface area contributed by atoms with Crippen LogP contribution in [0.3, 0.4) is 0 Å². The number of ether oxygens (including phenoxy) is 2. The third kappa shape index (κ3) is 5.79. The number of nitrogens with zero attached hydrogens (tertiary/aromatic N) is 1. The summed E-state index contributed by atoms with van der Waals surface area (Å²) in [5.74, 6) is -0.841. The molecule has 0 aromatic heterocycles. The van der Waals surface area contributed by atoms with E-state index in [0.29, 0.717) is 33.1 Å². The molecule has 0 heterocycles. The third-order valence-electron chi connectivity index (χ3n) is 5.75. The van der Waals surface area contributed by atoms with E-state index in [2.05, 4.69) is 5.43 Å². The van der Waals surface area contributed by atoms with Crippen LogP contribution in [0, 0.1) is 0 Å². The Morgan fingerprint density at radius 3 is 1.50 bits per heavy atom. The van der Waals surface area contributed by atoms with Crippen molar-refractivity contribution in [1.82, 2.24) is 0 Å². The van der Waals surface area contributed by atoms with Crippen LogP contribution in [-0.2, 0) is 14.0 Å². The lowest BCUT2D eigenvalue weighted by Crippen LogP contribution is -2.36. The summed E-state index contributed by atoms with van der Waals surface area (Å²) in [7, 11) is -3.50. The highest BCUT2D eigenvalue weighted by Gasteiger charge is 2.36. The van der Waals surface area contributed by atoms with Gasteiger partial charge < -0.3 is 9.47 Å². The quantitative estimate of drug-likeness (QED) is 0.158. The van der Waals surface area contributed by atoms with Crippen molar-refractivity contribution < 1.29 is 23.6 Å². The summed E-state index contributed by atoms with van der Waals surface area (Å²) >= 11 is 0. The maximum absolute atomic E-state index is 15.2. The van der Waals surface area contributed by atoms with Crippen LogP contribution in [0.25, 0.3) is 0 Å². The summed E-state index contributed by atoms with van der Waals surface area (Å²) in [6.45, 7) is 4.06. The van der Waals surface area contributed by atoms with Crippen LogP contribution < -0.4 is 20.8 Å². The van der Waals surface area contributed by atoms with Gasteiger partial charge in [0.2, 0.25) is 7.29 Å². The molecule has 0 atom stereocenters. The molecule has 0 aliphatic heterocycles. The number of carbonyl (C=O) groups excluding carboxylic acids is 2. The molecular formula is C30H29N2O5P. The van der Waals surface area contributed by atoms with Gasteiger partial charge in [-0.25, -0.2) is 14.4 Å². The maximum atomic E-state index is 15.2. The van der Waals surface area contributed by atoms with Crippen LogP contribution in [0.5, 0.6) is 0 Å². The molecule has 8 heteroatoms. The molecule has 0 radical (unpaired) electrons. The predicted octanol–water partition coefficient (Wildman–Crippen LogP) is 5.80. The molecule has 0 saturated carbocycles. The topological polar surface area (TPSA) is 84.9 Å². The summed E-state index contributed by atoms with van der Waals surface area (Å²) in [6, 6.07) is 32.0. The van der Waals surface area contributed by atoms with Crippen molar-refractivity contribution in [2.45, 2.75) is 13.8 Å². The highest BCUT2D eigenvalue weighted by atomic mass is 31.2. The second-order valence-electron chi connectivity index (χ2n) is 8.24.